The van der Waals surface area contributed by atoms with E-state index in [-0.39, 0.29) is 5.56 Å². The molecule has 0 saturated carbocycles. The lowest BCUT2D eigenvalue weighted by Crippen LogP contribution is -2.22. The van der Waals surface area contributed by atoms with Crippen molar-refractivity contribution in [3.8, 4) is 22.8 Å². The van der Waals surface area contributed by atoms with E-state index in [0.717, 1.165) is 21.4 Å². The van der Waals surface area contributed by atoms with Crippen molar-refractivity contribution in [1.82, 2.24) is 24.3 Å². The molecule has 0 amide bonds. The van der Waals surface area contributed by atoms with E-state index in [9.17, 15) is 4.79 Å². The number of hydrogen-bond donors (Lipinski definition) is 1. The van der Waals surface area contributed by atoms with Crippen LogP contribution in [0.4, 0.5) is 0 Å². The van der Waals surface area contributed by atoms with Crippen molar-refractivity contribution in [2.24, 2.45) is 0 Å². The lowest BCUT2D eigenvalue weighted by Gasteiger charge is -2.12. The number of aromatic amines is 1. The number of hydrogen-bond acceptors (Lipinski definition) is 4. The molecule has 0 aliphatic carbocycles. The molecule has 5 rings (SSSR count). The van der Waals surface area contributed by atoms with Crippen LogP contribution in [0.2, 0.25) is 0 Å². The zero-order valence-corrected chi connectivity index (χ0v) is 19.7. The van der Waals surface area contributed by atoms with Crippen LogP contribution in [0.3, 0.4) is 0 Å². The van der Waals surface area contributed by atoms with Gasteiger partial charge in [-0.2, -0.15) is 5.10 Å². The third kappa shape index (κ3) is 3.51. The average molecular weight is 504 g/mol. The number of benzene rings is 3. The summed E-state index contributed by atoms with van der Waals surface area (Å²) in [6.07, 6.45) is 0. The second kappa shape index (κ2) is 7.96. The monoisotopic (exact) mass is 503 g/mol. The first-order valence-corrected chi connectivity index (χ1v) is 11.2. The van der Waals surface area contributed by atoms with Gasteiger partial charge in [0.25, 0.3) is 5.56 Å². The Morgan fingerprint density at radius 2 is 1.56 bits per heavy atom. The molecule has 0 unspecified atom stereocenters. The summed E-state index contributed by atoms with van der Waals surface area (Å²) in [5, 5.41) is 7.88. The Hall–Kier alpha value is -3.36. The van der Waals surface area contributed by atoms with Crippen LogP contribution in [-0.2, 0) is 0 Å². The predicted molar refractivity (Wildman–Crippen MR) is 132 cm³/mol. The van der Waals surface area contributed by atoms with Crippen LogP contribution < -0.4 is 5.56 Å². The van der Waals surface area contributed by atoms with Gasteiger partial charge in [-0.1, -0.05) is 33.6 Å². The highest BCUT2D eigenvalue weighted by Gasteiger charge is 2.13. The first kappa shape index (κ1) is 20.5. The molecule has 8 heteroatoms. The van der Waals surface area contributed by atoms with Gasteiger partial charge >= 0.3 is 0 Å². The number of halogens is 1. The molecule has 0 aliphatic heterocycles. The van der Waals surface area contributed by atoms with Crippen molar-refractivity contribution in [3.63, 3.8) is 0 Å². The zero-order valence-electron chi connectivity index (χ0n) is 17.3. The molecule has 0 atom stereocenters. The summed E-state index contributed by atoms with van der Waals surface area (Å²) in [7, 11) is 0. The number of H-pyrrole nitrogens is 1. The van der Waals surface area contributed by atoms with Gasteiger partial charge in [-0.05, 0) is 80.7 Å². The maximum absolute atomic E-state index is 13.2. The molecule has 0 spiro atoms. The Morgan fingerprint density at radius 3 is 2.28 bits per heavy atom. The van der Waals surface area contributed by atoms with Crippen LogP contribution in [0.1, 0.15) is 11.4 Å². The van der Waals surface area contributed by atoms with Crippen molar-refractivity contribution in [1.29, 1.82) is 0 Å². The Bertz CT molecular complexity index is 1580. The average Bonchev–Trinajstić information content (AvgIpc) is 3.17. The Balaban J connectivity index is 1.61. The van der Waals surface area contributed by atoms with Crippen molar-refractivity contribution in [3.05, 3.63) is 97.7 Å². The van der Waals surface area contributed by atoms with Crippen LogP contribution in [0, 0.1) is 18.6 Å². The van der Waals surface area contributed by atoms with E-state index in [4.69, 9.17) is 12.2 Å². The fourth-order valence-corrected chi connectivity index (χ4v) is 4.36. The van der Waals surface area contributed by atoms with Gasteiger partial charge in [0.1, 0.15) is 5.82 Å². The summed E-state index contributed by atoms with van der Waals surface area (Å²) in [6, 6.07) is 21.3. The maximum Gasteiger partial charge on any atom is 0.265 e. The topological polar surface area (TPSA) is 68.5 Å². The number of aryl methyl sites for hydroxylation is 2. The summed E-state index contributed by atoms with van der Waals surface area (Å²) < 4.78 is 4.88. The molecule has 2 heterocycles. The minimum Gasteiger partial charge on any atom is -0.268 e. The number of nitrogens with one attached hydrogen (secondary N) is 1. The SMILES string of the molecule is Cc1ccc(-n2c(-c3ccc(-n4c(C)nc5ccc(Br)cc5c4=O)cc3)n[nH]c2=S)cc1. The molecule has 2 aromatic heterocycles. The van der Waals surface area contributed by atoms with Crippen molar-refractivity contribution >= 4 is 39.1 Å². The molecule has 0 fully saturated rings. The van der Waals surface area contributed by atoms with E-state index in [2.05, 4.69) is 31.1 Å². The summed E-state index contributed by atoms with van der Waals surface area (Å²) in [5.74, 6) is 1.33. The molecular weight excluding hydrogens is 486 g/mol. The van der Waals surface area contributed by atoms with Crippen LogP contribution in [0.25, 0.3) is 33.7 Å². The molecule has 0 radical (unpaired) electrons. The highest BCUT2D eigenvalue weighted by molar-refractivity contribution is 9.10. The second-order valence-corrected chi connectivity index (χ2v) is 8.83. The summed E-state index contributed by atoms with van der Waals surface area (Å²) in [5.41, 5.74) is 4.29. The molecule has 5 aromatic rings. The third-order valence-corrected chi connectivity index (χ3v) is 6.11. The van der Waals surface area contributed by atoms with Gasteiger partial charge in [-0.25, -0.2) is 4.98 Å². The summed E-state index contributed by atoms with van der Waals surface area (Å²) in [6.45, 7) is 3.88. The Labute approximate surface area is 197 Å². The van der Waals surface area contributed by atoms with Crippen LogP contribution >= 0.6 is 28.1 Å². The van der Waals surface area contributed by atoms with E-state index in [0.29, 0.717) is 27.3 Å². The van der Waals surface area contributed by atoms with E-state index in [1.165, 1.54) is 5.56 Å². The van der Waals surface area contributed by atoms with Crippen molar-refractivity contribution < 1.29 is 0 Å². The van der Waals surface area contributed by atoms with Gasteiger partial charge in [-0.3, -0.25) is 19.0 Å². The normalized spacial score (nSPS) is 11.2. The fourth-order valence-electron chi connectivity index (χ4n) is 3.76. The molecule has 0 aliphatic rings. The van der Waals surface area contributed by atoms with Crippen molar-refractivity contribution in [2.75, 3.05) is 0 Å². The summed E-state index contributed by atoms with van der Waals surface area (Å²) in [4.78, 5) is 17.8. The standard InChI is InChI=1S/C24H18BrN5OS/c1-14-3-8-19(9-4-14)30-22(27-28-24(30)32)16-5-10-18(11-6-16)29-15(2)26-21-12-7-17(25)13-20(21)23(29)31/h3-13H,1-2H3,(H,28,32). The van der Waals surface area contributed by atoms with Gasteiger partial charge in [0, 0.05) is 15.7 Å². The van der Waals surface area contributed by atoms with Crippen LogP contribution in [0.5, 0.6) is 0 Å². The van der Waals surface area contributed by atoms with Gasteiger partial charge in [0.2, 0.25) is 0 Å². The van der Waals surface area contributed by atoms with Gasteiger partial charge in [-0.15, -0.1) is 0 Å². The van der Waals surface area contributed by atoms with Gasteiger partial charge in [0.05, 0.1) is 16.6 Å². The Morgan fingerprint density at radius 1 is 0.906 bits per heavy atom. The fraction of sp³-hybridized carbons (Fsp3) is 0.0833. The third-order valence-electron chi connectivity index (χ3n) is 5.35. The minimum absolute atomic E-state index is 0.108. The smallest absolute Gasteiger partial charge is 0.265 e. The molecule has 6 nitrogen and oxygen atoms in total. The molecule has 32 heavy (non-hydrogen) atoms. The van der Waals surface area contributed by atoms with Gasteiger partial charge < -0.3 is 0 Å². The van der Waals surface area contributed by atoms with Crippen LogP contribution in [0.15, 0.2) is 76.0 Å². The maximum atomic E-state index is 13.2. The molecule has 158 valence electrons. The van der Waals surface area contributed by atoms with Gasteiger partial charge in [0.15, 0.2) is 10.6 Å². The predicted octanol–water partition coefficient (Wildman–Crippen LogP) is 5.68. The second-order valence-electron chi connectivity index (χ2n) is 7.53. The number of nitrogens with zero attached hydrogens (tertiary/aromatic N) is 4. The zero-order chi connectivity index (χ0) is 22.4. The van der Waals surface area contributed by atoms with E-state index in [1.807, 2.05) is 79.1 Å². The molecular formula is C24H18BrN5OS. The molecule has 0 bridgehead atoms. The van der Waals surface area contributed by atoms with Crippen molar-refractivity contribution in [2.45, 2.75) is 13.8 Å². The van der Waals surface area contributed by atoms with E-state index >= 15 is 0 Å². The first-order chi connectivity index (χ1) is 15.4. The molecule has 3 aromatic carbocycles. The number of rotatable bonds is 3. The number of aromatic nitrogens is 5. The van der Waals surface area contributed by atoms with Crippen LogP contribution in [-0.4, -0.2) is 24.3 Å². The minimum atomic E-state index is -0.108. The quantitative estimate of drug-likeness (QED) is 0.321. The largest absolute Gasteiger partial charge is 0.268 e. The Kier molecular flexibility index (Phi) is 5.11. The molecule has 1 N–H and O–H groups in total. The number of fused-ring (bicyclic) bond motifs is 1. The van der Waals surface area contributed by atoms with E-state index in [1.54, 1.807) is 10.6 Å². The lowest BCUT2D eigenvalue weighted by atomic mass is 10.1. The highest BCUT2D eigenvalue weighted by Crippen LogP contribution is 2.24. The lowest BCUT2D eigenvalue weighted by molar-refractivity contribution is 0.894. The summed E-state index contributed by atoms with van der Waals surface area (Å²) >= 11 is 8.90. The highest BCUT2D eigenvalue weighted by atomic mass is 79.9. The first-order valence-electron chi connectivity index (χ1n) is 9.96. The van der Waals surface area contributed by atoms with E-state index < -0.39 is 0 Å². The molecule has 0 saturated heterocycles.